The summed E-state index contributed by atoms with van der Waals surface area (Å²) in [4.78, 5) is 0. The van der Waals surface area contributed by atoms with E-state index >= 15 is 0 Å². The molecule has 1 aromatic heterocycles. The van der Waals surface area contributed by atoms with Crippen LogP contribution in [0.3, 0.4) is 0 Å². The lowest BCUT2D eigenvalue weighted by Gasteiger charge is -2.31. The molecule has 2 aliphatic carbocycles. The number of aromatic nitrogens is 1. The number of allylic oxidation sites excluding steroid dienone is 1. The molecule has 0 fully saturated rings. The first-order valence-electron chi connectivity index (χ1n) is 19.9. The van der Waals surface area contributed by atoms with E-state index in [0.717, 1.165) is 6.42 Å². The lowest BCUT2D eigenvalue weighted by Crippen LogP contribution is -2.27. The fourth-order valence-electron chi connectivity index (χ4n) is 10.6. The third kappa shape index (κ3) is 4.37. The summed E-state index contributed by atoms with van der Waals surface area (Å²) >= 11 is 0. The molecular weight excluding hydrogens is 675 g/mol. The first-order valence-corrected chi connectivity index (χ1v) is 19.9. The van der Waals surface area contributed by atoms with Crippen molar-refractivity contribution >= 4 is 65.6 Å². The van der Waals surface area contributed by atoms with Crippen molar-refractivity contribution in [2.45, 2.75) is 25.7 Å². The SMILES string of the molecule is CC1(C)c2ccccc2C2=Cc3c(c4ccccc4n3-c3cccc(-c4ccc(-c5ccc6c7ccccc7c7ccccc7c6c5)c5ccccc45)c3)CC21. The molecule has 0 radical (unpaired) electrons. The summed E-state index contributed by atoms with van der Waals surface area (Å²) in [5.74, 6) is 0.462. The van der Waals surface area contributed by atoms with E-state index in [2.05, 4.69) is 200 Å². The Kier molecular flexibility index (Phi) is 6.58. The largest absolute Gasteiger partial charge is 0.310 e. The molecule has 56 heavy (non-hydrogen) atoms. The van der Waals surface area contributed by atoms with Crippen molar-refractivity contribution in [1.29, 1.82) is 0 Å². The summed E-state index contributed by atoms with van der Waals surface area (Å²) in [6, 6.07) is 65.6. The van der Waals surface area contributed by atoms with Gasteiger partial charge in [0.15, 0.2) is 0 Å². The van der Waals surface area contributed by atoms with E-state index in [0.29, 0.717) is 5.92 Å². The molecule has 0 amide bonds. The van der Waals surface area contributed by atoms with Crippen LogP contribution in [0, 0.1) is 5.92 Å². The van der Waals surface area contributed by atoms with E-state index in [1.165, 1.54) is 110 Å². The van der Waals surface area contributed by atoms with Gasteiger partial charge in [0.2, 0.25) is 0 Å². The molecule has 264 valence electrons. The Morgan fingerprint density at radius 2 is 1.00 bits per heavy atom. The van der Waals surface area contributed by atoms with E-state index in [1.54, 1.807) is 0 Å². The van der Waals surface area contributed by atoms with Crippen molar-refractivity contribution in [3.63, 3.8) is 0 Å². The Morgan fingerprint density at radius 3 is 1.70 bits per heavy atom. The number of fused-ring (bicyclic) bond motifs is 13. The minimum atomic E-state index is 0.0888. The maximum absolute atomic E-state index is 2.52. The quantitative estimate of drug-likeness (QED) is 0.161. The minimum Gasteiger partial charge on any atom is -0.310 e. The van der Waals surface area contributed by atoms with Crippen LogP contribution in [0.25, 0.3) is 93.6 Å². The van der Waals surface area contributed by atoms with Crippen LogP contribution in [0.4, 0.5) is 0 Å². The Bertz CT molecular complexity index is 3280. The van der Waals surface area contributed by atoms with Crippen LogP contribution in [0.2, 0.25) is 0 Å². The Balaban J connectivity index is 1.02. The van der Waals surface area contributed by atoms with Crippen LogP contribution in [0.5, 0.6) is 0 Å². The second-order valence-corrected chi connectivity index (χ2v) is 16.4. The molecular formula is C55H39N. The van der Waals surface area contributed by atoms with Crippen LogP contribution >= 0.6 is 0 Å². The van der Waals surface area contributed by atoms with E-state index < -0.39 is 0 Å². The Morgan fingerprint density at radius 1 is 0.446 bits per heavy atom. The van der Waals surface area contributed by atoms with Gasteiger partial charge in [0.05, 0.1) is 11.2 Å². The molecule has 1 unspecified atom stereocenters. The first-order chi connectivity index (χ1) is 27.5. The average Bonchev–Trinajstić information content (AvgIpc) is 3.70. The van der Waals surface area contributed by atoms with Crippen LogP contribution in [-0.4, -0.2) is 4.57 Å². The van der Waals surface area contributed by atoms with Gasteiger partial charge in [-0.3, -0.25) is 0 Å². The predicted molar refractivity (Wildman–Crippen MR) is 239 cm³/mol. The number of hydrogen-bond acceptors (Lipinski definition) is 0. The van der Waals surface area contributed by atoms with Gasteiger partial charge < -0.3 is 4.57 Å². The molecule has 0 aliphatic heterocycles. The number of rotatable bonds is 3. The Labute approximate surface area is 326 Å². The van der Waals surface area contributed by atoms with Gasteiger partial charge in [0, 0.05) is 11.1 Å². The van der Waals surface area contributed by atoms with Crippen molar-refractivity contribution in [1.82, 2.24) is 4.57 Å². The number of hydrogen-bond donors (Lipinski definition) is 0. The molecule has 9 aromatic carbocycles. The summed E-state index contributed by atoms with van der Waals surface area (Å²) in [7, 11) is 0. The predicted octanol–water partition coefficient (Wildman–Crippen LogP) is 14.6. The highest BCUT2D eigenvalue weighted by atomic mass is 15.0. The van der Waals surface area contributed by atoms with Crippen molar-refractivity contribution in [2.24, 2.45) is 5.92 Å². The Hall–Kier alpha value is -6.70. The van der Waals surface area contributed by atoms with E-state index in [1.807, 2.05) is 0 Å². The summed E-state index contributed by atoms with van der Waals surface area (Å²) in [5, 5.41) is 11.7. The van der Waals surface area contributed by atoms with Gasteiger partial charge in [-0.2, -0.15) is 0 Å². The maximum Gasteiger partial charge on any atom is 0.0537 e. The van der Waals surface area contributed by atoms with Crippen LogP contribution < -0.4 is 0 Å². The molecule has 12 rings (SSSR count). The molecule has 1 nitrogen and oxygen atoms in total. The van der Waals surface area contributed by atoms with Gasteiger partial charge in [-0.1, -0.05) is 166 Å². The molecule has 0 saturated carbocycles. The molecule has 0 spiro atoms. The van der Waals surface area contributed by atoms with Gasteiger partial charge in [-0.15, -0.1) is 0 Å². The topological polar surface area (TPSA) is 4.93 Å². The summed E-state index contributed by atoms with van der Waals surface area (Å²) in [5.41, 5.74) is 14.7. The van der Waals surface area contributed by atoms with Gasteiger partial charge in [-0.25, -0.2) is 0 Å². The third-order valence-electron chi connectivity index (χ3n) is 13.3. The highest BCUT2D eigenvalue weighted by Crippen LogP contribution is 2.55. The minimum absolute atomic E-state index is 0.0888. The van der Waals surface area contributed by atoms with Crippen molar-refractivity contribution in [3.8, 4) is 27.9 Å². The highest BCUT2D eigenvalue weighted by molar-refractivity contribution is 6.26. The monoisotopic (exact) mass is 713 g/mol. The maximum atomic E-state index is 2.52. The van der Waals surface area contributed by atoms with Crippen LogP contribution in [0.1, 0.15) is 36.2 Å². The fourth-order valence-corrected chi connectivity index (χ4v) is 10.6. The number of benzene rings is 9. The van der Waals surface area contributed by atoms with E-state index in [9.17, 15) is 0 Å². The third-order valence-corrected chi connectivity index (χ3v) is 13.3. The second-order valence-electron chi connectivity index (χ2n) is 16.4. The van der Waals surface area contributed by atoms with Gasteiger partial charge >= 0.3 is 0 Å². The summed E-state index contributed by atoms with van der Waals surface area (Å²) in [6.45, 7) is 4.87. The summed E-state index contributed by atoms with van der Waals surface area (Å²) in [6.07, 6.45) is 3.56. The summed E-state index contributed by atoms with van der Waals surface area (Å²) < 4.78 is 2.52. The normalized spacial score (nSPS) is 15.7. The standard InChI is InChI=1S/C55H39N/c1-55(2)51-24-11-9-22-46(51)49-33-54-50(32-52(49)55)47-23-10-12-25-53(47)56(54)36-15-13-14-34(30-36)37-28-29-38(40-17-4-3-16-39(37)40)35-26-27-45-43-20-6-5-18-41(43)42-19-7-8-21-44(42)48(45)31-35/h3-31,33,52H,32H2,1-2H3. The van der Waals surface area contributed by atoms with E-state index in [4.69, 9.17) is 0 Å². The molecule has 1 heterocycles. The fraction of sp³-hybridized carbons (Fsp3) is 0.0909. The first kappa shape index (κ1) is 31.6. The molecule has 0 N–H and O–H groups in total. The zero-order valence-electron chi connectivity index (χ0n) is 31.6. The van der Waals surface area contributed by atoms with Gasteiger partial charge in [0.1, 0.15) is 0 Å². The van der Waals surface area contributed by atoms with Crippen molar-refractivity contribution < 1.29 is 0 Å². The van der Waals surface area contributed by atoms with Gasteiger partial charge in [0.25, 0.3) is 0 Å². The molecule has 1 heteroatoms. The zero-order valence-corrected chi connectivity index (χ0v) is 31.6. The second kappa shape index (κ2) is 11.7. The smallest absolute Gasteiger partial charge is 0.0537 e. The zero-order chi connectivity index (χ0) is 37.1. The lowest BCUT2D eigenvalue weighted by atomic mass is 9.72. The molecule has 1 atom stereocenters. The van der Waals surface area contributed by atoms with Crippen molar-refractivity contribution in [2.75, 3.05) is 0 Å². The van der Waals surface area contributed by atoms with Crippen molar-refractivity contribution in [3.05, 3.63) is 198 Å². The van der Waals surface area contributed by atoms with E-state index in [-0.39, 0.29) is 5.41 Å². The average molecular weight is 714 g/mol. The highest BCUT2D eigenvalue weighted by Gasteiger charge is 2.45. The molecule has 2 aliphatic rings. The van der Waals surface area contributed by atoms with Crippen LogP contribution in [-0.2, 0) is 11.8 Å². The van der Waals surface area contributed by atoms with Gasteiger partial charge in [-0.05, 0) is 136 Å². The number of nitrogens with zero attached hydrogens (tertiary/aromatic N) is 1. The molecule has 0 bridgehead atoms. The molecule has 0 saturated heterocycles. The number of para-hydroxylation sites is 1. The molecule has 10 aromatic rings. The van der Waals surface area contributed by atoms with Crippen LogP contribution in [0.15, 0.2) is 176 Å². The lowest BCUT2D eigenvalue weighted by molar-refractivity contribution is 0.410.